The summed E-state index contributed by atoms with van der Waals surface area (Å²) in [5.41, 5.74) is -0.00307. The first kappa shape index (κ1) is 26.2. The monoisotopic (exact) mass is 530 g/mol. The molecule has 4 atom stereocenters. The van der Waals surface area contributed by atoms with E-state index in [4.69, 9.17) is 14.2 Å². The average Bonchev–Trinajstić information content (AvgIpc) is 3.43. The van der Waals surface area contributed by atoms with Gasteiger partial charge in [-0.1, -0.05) is 36.4 Å². The van der Waals surface area contributed by atoms with Crippen LogP contribution in [0.5, 0.6) is 17.2 Å². The third-order valence-corrected chi connectivity index (χ3v) is 7.53. The number of anilines is 1. The van der Waals surface area contributed by atoms with E-state index in [1.165, 1.54) is 14.2 Å². The fraction of sp³-hybridized carbons (Fsp3) is 0.300. The van der Waals surface area contributed by atoms with Crippen molar-refractivity contribution in [2.24, 2.45) is 11.8 Å². The largest absolute Gasteiger partial charge is 0.494 e. The lowest BCUT2D eigenvalue weighted by Crippen LogP contribution is -2.57. The maximum atomic E-state index is 14.0. The molecule has 9 heteroatoms. The molecule has 2 aliphatic rings. The summed E-state index contributed by atoms with van der Waals surface area (Å²) in [6, 6.07) is 20.2. The summed E-state index contributed by atoms with van der Waals surface area (Å²) in [7, 11) is 3.02. The van der Waals surface area contributed by atoms with Crippen molar-refractivity contribution in [2.45, 2.75) is 24.9 Å². The molecule has 5 rings (SSSR count). The molecule has 0 spiro atoms. The van der Waals surface area contributed by atoms with Gasteiger partial charge in [-0.3, -0.25) is 19.7 Å². The average molecular weight is 531 g/mol. The van der Waals surface area contributed by atoms with Crippen molar-refractivity contribution in [3.05, 3.63) is 83.9 Å². The SMILES string of the molecule is CCOc1ccc(N2C(=O)[C@H]3[C@@H](C2=O)[C@@](Cc2ccccc2)(C(=O)O)N[C@H]3c2ccc(OC)c(OC)c2)cc1. The van der Waals surface area contributed by atoms with E-state index in [1.807, 2.05) is 37.3 Å². The molecule has 2 N–H and O–H groups in total. The molecular weight excluding hydrogens is 500 g/mol. The van der Waals surface area contributed by atoms with Gasteiger partial charge in [-0.2, -0.15) is 0 Å². The third-order valence-electron chi connectivity index (χ3n) is 7.53. The van der Waals surface area contributed by atoms with E-state index in [2.05, 4.69) is 5.32 Å². The Kier molecular flexibility index (Phi) is 7.01. The van der Waals surface area contributed by atoms with Crippen molar-refractivity contribution in [3.8, 4) is 17.2 Å². The number of rotatable bonds is 9. The standard InChI is InChI=1S/C30H30N2O7/c1-4-39-21-13-11-20(12-14-21)32-27(33)24-25(28(32)34)30(29(35)36,17-18-8-6-5-7-9-18)31-26(24)19-10-15-22(37-2)23(16-19)38-3/h5-16,24-26,31H,4,17H2,1-3H3,(H,35,36)/t24-,25-,26-,30-/m0/s1. The van der Waals surface area contributed by atoms with E-state index in [-0.39, 0.29) is 6.42 Å². The second kappa shape index (κ2) is 10.4. The minimum absolute atomic E-state index is 0.0181. The number of hydrogen-bond acceptors (Lipinski definition) is 7. The van der Waals surface area contributed by atoms with Crippen LogP contribution in [0, 0.1) is 11.8 Å². The second-order valence-corrected chi connectivity index (χ2v) is 9.62. The van der Waals surface area contributed by atoms with Gasteiger partial charge in [0.05, 0.1) is 38.3 Å². The number of nitrogens with one attached hydrogen (secondary N) is 1. The van der Waals surface area contributed by atoms with Gasteiger partial charge in [-0.15, -0.1) is 0 Å². The molecule has 2 amide bonds. The second-order valence-electron chi connectivity index (χ2n) is 9.62. The van der Waals surface area contributed by atoms with E-state index in [0.29, 0.717) is 35.1 Å². The number of ether oxygens (including phenoxy) is 3. The number of nitrogens with zero attached hydrogens (tertiary/aromatic N) is 1. The summed E-state index contributed by atoms with van der Waals surface area (Å²) in [5.74, 6) is -2.78. The van der Waals surface area contributed by atoms with Crippen LogP contribution in [-0.4, -0.2) is 49.3 Å². The van der Waals surface area contributed by atoms with Gasteiger partial charge < -0.3 is 19.3 Å². The Morgan fingerprint density at radius 3 is 2.26 bits per heavy atom. The van der Waals surface area contributed by atoms with Gasteiger partial charge in [-0.05, 0) is 54.4 Å². The lowest BCUT2D eigenvalue weighted by Gasteiger charge is -2.31. The normalized spacial score (nSPS) is 24.0. The highest BCUT2D eigenvalue weighted by Gasteiger charge is 2.68. The Bertz CT molecular complexity index is 1390. The maximum Gasteiger partial charge on any atom is 0.325 e. The topological polar surface area (TPSA) is 114 Å². The molecule has 3 aromatic rings. The van der Waals surface area contributed by atoms with Crippen molar-refractivity contribution in [2.75, 3.05) is 25.7 Å². The van der Waals surface area contributed by atoms with E-state index in [1.54, 1.807) is 42.5 Å². The Morgan fingerprint density at radius 1 is 0.949 bits per heavy atom. The smallest absolute Gasteiger partial charge is 0.325 e. The van der Waals surface area contributed by atoms with E-state index in [0.717, 1.165) is 10.5 Å². The number of fused-ring (bicyclic) bond motifs is 1. The van der Waals surface area contributed by atoms with Crippen LogP contribution in [0.3, 0.4) is 0 Å². The fourth-order valence-electron chi connectivity index (χ4n) is 5.80. The molecule has 0 aromatic heterocycles. The highest BCUT2D eigenvalue weighted by Crippen LogP contribution is 2.51. The zero-order chi connectivity index (χ0) is 27.7. The molecule has 9 nitrogen and oxygen atoms in total. The van der Waals surface area contributed by atoms with Crippen LogP contribution in [0.25, 0.3) is 0 Å². The number of benzene rings is 3. The molecule has 0 aliphatic carbocycles. The Hall–Kier alpha value is -4.37. The summed E-state index contributed by atoms with van der Waals surface area (Å²) in [4.78, 5) is 42.3. The Morgan fingerprint density at radius 2 is 1.64 bits per heavy atom. The fourth-order valence-corrected chi connectivity index (χ4v) is 5.80. The van der Waals surface area contributed by atoms with Crippen LogP contribution in [0.2, 0.25) is 0 Å². The summed E-state index contributed by atoms with van der Waals surface area (Å²) in [5, 5.41) is 13.9. The van der Waals surface area contributed by atoms with E-state index < -0.39 is 41.2 Å². The first-order chi connectivity index (χ1) is 18.8. The van der Waals surface area contributed by atoms with Crippen LogP contribution >= 0.6 is 0 Å². The zero-order valence-electron chi connectivity index (χ0n) is 21.9. The Labute approximate surface area is 226 Å². The van der Waals surface area contributed by atoms with Gasteiger partial charge in [0.2, 0.25) is 11.8 Å². The first-order valence-electron chi connectivity index (χ1n) is 12.7. The molecule has 0 radical (unpaired) electrons. The molecular formula is C30H30N2O7. The number of carbonyl (C=O) groups excluding carboxylic acids is 2. The summed E-state index contributed by atoms with van der Waals surface area (Å²) < 4.78 is 16.3. The molecule has 39 heavy (non-hydrogen) atoms. The third kappa shape index (κ3) is 4.38. The molecule has 2 fully saturated rings. The molecule has 2 heterocycles. The number of aliphatic carboxylic acids is 1. The van der Waals surface area contributed by atoms with Crippen molar-refractivity contribution < 1.29 is 33.7 Å². The minimum atomic E-state index is -1.73. The lowest BCUT2D eigenvalue weighted by molar-refractivity contribution is -0.148. The van der Waals surface area contributed by atoms with Crippen molar-refractivity contribution in [3.63, 3.8) is 0 Å². The van der Waals surface area contributed by atoms with Gasteiger partial charge >= 0.3 is 5.97 Å². The number of imide groups is 1. The van der Waals surface area contributed by atoms with Crippen LogP contribution in [-0.2, 0) is 20.8 Å². The van der Waals surface area contributed by atoms with Crippen LogP contribution in [0.15, 0.2) is 72.8 Å². The number of carbonyl (C=O) groups is 3. The quantitative estimate of drug-likeness (QED) is 0.403. The van der Waals surface area contributed by atoms with Crippen molar-refractivity contribution >= 4 is 23.5 Å². The predicted molar refractivity (Wildman–Crippen MR) is 143 cm³/mol. The zero-order valence-corrected chi connectivity index (χ0v) is 21.9. The highest BCUT2D eigenvalue weighted by atomic mass is 16.5. The molecule has 2 saturated heterocycles. The molecule has 202 valence electrons. The van der Waals surface area contributed by atoms with Gasteiger partial charge in [-0.25, -0.2) is 4.90 Å². The highest BCUT2D eigenvalue weighted by molar-refractivity contribution is 6.24. The number of carboxylic acids is 1. The first-order valence-corrected chi connectivity index (χ1v) is 12.7. The van der Waals surface area contributed by atoms with Gasteiger partial charge in [0.1, 0.15) is 11.3 Å². The number of amides is 2. The van der Waals surface area contributed by atoms with Crippen LogP contribution < -0.4 is 24.4 Å². The lowest BCUT2D eigenvalue weighted by atomic mass is 9.76. The molecule has 2 aliphatic heterocycles. The summed E-state index contributed by atoms with van der Waals surface area (Å²) in [6.07, 6.45) is 0.0181. The maximum absolute atomic E-state index is 14.0. The number of methoxy groups -OCH3 is 2. The Balaban J connectivity index is 1.63. The predicted octanol–water partition coefficient (Wildman–Crippen LogP) is 3.62. The summed E-state index contributed by atoms with van der Waals surface area (Å²) >= 11 is 0. The van der Waals surface area contributed by atoms with Crippen molar-refractivity contribution in [1.82, 2.24) is 5.32 Å². The van der Waals surface area contributed by atoms with Crippen molar-refractivity contribution in [1.29, 1.82) is 0 Å². The van der Waals surface area contributed by atoms with Gasteiger partial charge in [0, 0.05) is 12.5 Å². The number of hydrogen-bond donors (Lipinski definition) is 2. The van der Waals surface area contributed by atoms with Crippen LogP contribution in [0.1, 0.15) is 24.1 Å². The molecule has 0 saturated carbocycles. The van der Waals surface area contributed by atoms with E-state index >= 15 is 0 Å². The van der Waals surface area contributed by atoms with E-state index in [9.17, 15) is 19.5 Å². The molecule has 3 aromatic carbocycles. The molecule has 0 unspecified atom stereocenters. The van der Waals surface area contributed by atoms with Crippen LogP contribution in [0.4, 0.5) is 5.69 Å². The molecule has 0 bridgehead atoms. The summed E-state index contributed by atoms with van der Waals surface area (Å²) in [6.45, 7) is 2.34. The minimum Gasteiger partial charge on any atom is -0.494 e. The van der Waals surface area contributed by atoms with Gasteiger partial charge in [0.15, 0.2) is 11.5 Å². The number of carboxylic acid groups (broad SMARTS) is 1. The van der Waals surface area contributed by atoms with Gasteiger partial charge in [0.25, 0.3) is 0 Å².